The second kappa shape index (κ2) is 7.19. The topological polar surface area (TPSA) is 12.0 Å². The molecule has 0 spiro atoms. The average molecular weight is 293 g/mol. The highest BCUT2D eigenvalue weighted by atomic mass is 32.2. The highest BCUT2D eigenvalue weighted by Gasteiger charge is 1.97. The molecule has 1 nitrogen and oxygen atoms in total. The molecular weight excluding hydrogens is 274 g/mol. The van der Waals surface area contributed by atoms with Crippen LogP contribution < -0.4 is 5.32 Å². The van der Waals surface area contributed by atoms with Crippen molar-refractivity contribution >= 4 is 28.2 Å². The first-order valence-corrected chi connectivity index (χ1v) is 8.31. The Morgan fingerprint density at radius 1 is 0.762 bits per heavy atom. The summed E-state index contributed by atoms with van der Waals surface area (Å²) in [5.41, 5.74) is 1.20. The van der Waals surface area contributed by atoms with Crippen LogP contribution in [0.25, 0.3) is 10.8 Å². The van der Waals surface area contributed by atoms with E-state index in [1.807, 2.05) is 17.8 Å². The number of rotatable bonds is 6. The van der Waals surface area contributed by atoms with Crippen molar-refractivity contribution in [1.82, 2.24) is 0 Å². The Balaban J connectivity index is 1.46. The van der Waals surface area contributed by atoms with Crippen molar-refractivity contribution in [2.45, 2.75) is 11.3 Å². The maximum atomic E-state index is 3.45. The van der Waals surface area contributed by atoms with Crippen molar-refractivity contribution in [3.05, 3.63) is 72.8 Å². The van der Waals surface area contributed by atoms with Crippen LogP contribution in [0.4, 0.5) is 5.69 Å². The molecule has 0 atom stereocenters. The summed E-state index contributed by atoms with van der Waals surface area (Å²) in [7, 11) is 0. The first-order chi connectivity index (χ1) is 10.4. The van der Waals surface area contributed by atoms with E-state index in [4.69, 9.17) is 0 Å². The van der Waals surface area contributed by atoms with Gasteiger partial charge in [-0.2, -0.15) is 0 Å². The molecule has 0 saturated carbocycles. The molecule has 0 unspecified atom stereocenters. The molecule has 3 rings (SSSR count). The molecule has 3 aromatic rings. The summed E-state index contributed by atoms with van der Waals surface area (Å²) < 4.78 is 0. The van der Waals surface area contributed by atoms with Crippen molar-refractivity contribution in [3.8, 4) is 0 Å². The minimum absolute atomic E-state index is 1.02. The molecule has 21 heavy (non-hydrogen) atoms. The van der Waals surface area contributed by atoms with E-state index in [0.29, 0.717) is 0 Å². The first kappa shape index (κ1) is 14.0. The number of hydrogen-bond donors (Lipinski definition) is 1. The van der Waals surface area contributed by atoms with E-state index in [2.05, 4.69) is 72.0 Å². The summed E-state index contributed by atoms with van der Waals surface area (Å²) >= 11 is 1.93. The summed E-state index contributed by atoms with van der Waals surface area (Å²) in [4.78, 5) is 1.36. The zero-order valence-electron chi connectivity index (χ0n) is 12.0. The Kier molecular flexibility index (Phi) is 4.80. The van der Waals surface area contributed by atoms with Crippen molar-refractivity contribution < 1.29 is 0 Å². The van der Waals surface area contributed by atoms with Gasteiger partial charge in [0.25, 0.3) is 0 Å². The van der Waals surface area contributed by atoms with Gasteiger partial charge in [-0.05, 0) is 47.2 Å². The van der Waals surface area contributed by atoms with Gasteiger partial charge in [0.2, 0.25) is 0 Å². The van der Waals surface area contributed by atoms with Crippen molar-refractivity contribution in [2.75, 3.05) is 17.6 Å². The lowest BCUT2D eigenvalue weighted by molar-refractivity contribution is 0.991. The fourth-order valence-electron chi connectivity index (χ4n) is 2.31. The normalized spacial score (nSPS) is 10.7. The number of para-hydroxylation sites is 1. The van der Waals surface area contributed by atoms with Crippen LogP contribution in [-0.4, -0.2) is 12.3 Å². The van der Waals surface area contributed by atoms with Crippen LogP contribution in [0.2, 0.25) is 0 Å². The van der Waals surface area contributed by atoms with Gasteiger partial charge in [0.15, 0.2) is 0 Å². The van der Waals surface area contributed by atoms with Crippen molar-refractivity contribution in [1.29, 1.82) is 0 Å². The van der Waals surface area contributed by atoms with E-state index in [0.717, 1.165) is 18.7 Å². The van der Waals surface area contributed by atoms with Gasteiger partial charge >= 0.3 is 0 Å². The lowest BCUT2D eigenvalue weighted by Gasteiger charge is -2.06. The van der Waals surface area contributed by atoms with E-state index >= 15 is 0 Å². The molecule has 0 radical (unpaired) electrons. The van der Waals surface area contributed by atoms with Crippen LogP contribution in [0, 0.1) is 0 Å². The molecule has 0 amide bonds. The molecule has 0 bridgehead atoms. The van der Waals surface area contributed by atoms with Crippen LogP contribution in [-0.2, 0) is 0 Å². The van der Waals surface area contributed by atoms with Crippen molar-refractivity contribution in [2.24, 2.45) is 0 Å². The number of thioether (sulfide) groups is 1. The molecule has 3 aromatic carbocycles. The molecule has 0 fully saturated rings. The smallest absolute Gasteiger partial charge is 0.0340 e. The van der Waals surface area contributed by atoms with E-state index in [1.54, 1.807) is 0 Å². The third-order valence-electron chi connectivity index (χ3n) is 3.41. The zero-order valence-corrected chi connectivity index (χ0v) is 12.8. The Morgan fingerprint density at radius 3 is 2.38 bits per heavy atom. The van der Waals surface area contributed by atoms with E-state index < -0.39 is 0 Å². The molecule has 0 saturated heterocycles. The fraction of sp³-hybridized carbons (Fsp3) is 0.158. The quantitative estimate of drug-likeness (QED) is 0.480. The molecule has 106 valence electrons. The van der Waals surface area contributed by atoms with Crippen LogP contribution in [0.1, 0.15) is 6.42 Å². The monoisotopic (exact) mass is 293 g/mol. The van der Waals surface area contributed by atoms with Gasteiger partial charge < -0.3 is 5.32 Å². The predicted molar refractivity (Wildman–Crippen MR) is 94.2 cm³/mol. The summed E-state index contributed by atoms with van der Waals surface area (Å²) in [6, 6.07) is 25.6. The molecule has 0 aliphatic rings. The van der Waals surface area contributed by atoms with Gasteiger partial charge in [0, 0.05) is 17.1 Å². The second-order valence-corrected chi connectivity index (χ2v) is 6.17. The van der Waals surface area contributed by atoms with E-state index in [-0.39, 0.29) is 0 Å². The van der Waals surface area contributed by atoms with Gasteiger partial charge in [-0.15, -0.1) is 11.8 Å². The van der Waals surface area contributed by atoms with Crippen LogP contribution in [0.5, 0.6) is 0 Å². The van der Waals surface area contributed by atoms with Gasteiger partial charge in [-0.1, -0.05) is 48.5 Å². The molecule has 2 heteroatoms. The van der Waals surface area contributed by atoms with Crippen LogP contribution in [0.3, 0.4) is 0 Å². The summed E-state index contributed by atoms with van der Waals surface area (Å²) in [6.45, 7) is 1.02. The number of fused-ring (bicyclic) bond motifs is 1. The average Bonchev–Trinajstić information content (AvgIpc) is 2.55. The Hall–Kier alpha value is -1.93. The molecule has 1 N–H and O–H groups in total. The molecule has 0 aliphatic heterocycles. The lowest BCUT2D eigenvalue weighted by atomic mass is 10.1. The first-order valence-electron chi connectivity index (χ1n) is 7.32. The van der Waals surface area contributed by atoms with Crippen LogP contribution in [0.15, 0.2) is 77.7 Å². The summed E-state index contributed by atoms with van der Waals surface area (Å²) in [5, 5.41) is 6.08. The molecule has 0 heterocycles. The third-order valence-corrected chi connectivity index (χ3v) is 4.49. The van der Waals surface area contributed by atoms with Gasteiger partial charge in [-0.3, -0.25) is 0 Å². The fourth-order valence-corrected chi connectivity index (χ4v) is 3.21. The van der Waals surface area contributed by atoms with E-state index in [1.165, 1.54) is 21.4 Å². The number of anilines is 1. The largest absolute Gasteiger partial charge is 0.385 e. The minimum Gasteiger partial charge on any atom is -0.385 e. The Labute approximate surface area is 130 Å². The SMILES string of the molecule is c1ccc(NCCCSc2ccc3ccccc3c2)cc1. The number of nitrogens with one attached hydrogen (secondary N) is 1. The predicted octanol–water partition coefficient (Wildman–Crippen LogP) is 5.43. The standard InChI is InChI=1S/C19H19NS/c1-2-9-18(10-3-1)20-13-6-14-21-19-12-11-16-7-4-5-8-17(16)15-19/h1-5,7-12,15,20H,6,13-14H2. The number of benzene rings is 3. The summed E-state index contributed by atoms with van der Waals surface area (Å²) in [5.74, 6) is 1.14. The van der Waals surface area contributed by atoms with Gasteiger partial charge in [-0.25, -0.2) is 0 Å². The lowest BCUT2D eigenvalue weighted by Crippen LogP contribution is -2.02. The highest BCUT2D eigenvalue weighted by molar-refractivity contribution is 7.99. The zero-order chi connectivity index (χ0) is 14.3. The summed E-state index contributed by atoms with van der Waals surface area (Å²) in [6.07, 6.45) is 1.16. The van der Waals surface area contributed by atoms with E-state index in [9.17, 15) is 0 Å². The van der Waals surface area contributed by atoms with Gasteiger partial charge in [0.05, 0.1) is 0 Å². The Bertz CT molecular complexity index is 694. The maximum Gasteiger partial charge on any atom is 0.0340 e. The number of hydrogen-bond acceptors (Lipinski definition) is 2. The van der Waals surface area contributed by atoms with Crippen molar-refractivity contribution in [3.63, 3.8) is 0 Å². The minimum atomic E-state index is 1.02. The molecule has 0 aromatic heterocycles. The second-order valence-electron chi connectivity index (χ2n) is 5.00. The third kappa shape index (κ3) is 4.02. The molecule has 0 aliphatic carbocycles. The molecular formula is C19H19NS. The maximum absolute atomic E-state index is 3.45. The highest BCUT2D eigenvalue weighted by Crippen LogP contribution is 2.24. The Morgan fingerprint density at radius 2 is 1.52 bits per heavy atom. The van der Waals surface area contributed by atoms with Crippen LogP contribution >= 0.6 is 11.8 Å². The van der Waals surface area contributed by atoms with Gasteiger partial charge in [0.1, 0.15) is 0 Å².